The molecule has 0 radical (unpaired) electrons. The van der Waals surface area contributed by atoms with Crippen molar-refractivity contribution in [2.24, 2.45) is 0 Å². The third-order valence-electron chi connectivity index (χ3n) is 3.23. The molecule has 1 atom stereocenters. The van der Waals surface area contributed by atoms with E-state index in [0.717, 1.165) is 12.0 Å². The molecule has 0 saturated carbocycles. The normalized spacial score (nSPS) is 15.6. The second-order valence-corrected chi connectivity index (χ2v) is 6.49. The van der Waals surface area contributed by atoms with Crippen LogP contribution in [0.15, 0.2) is 24.3 Å². The van der Waals surface area contributed by atoms with Gasteiger partial charge in [0.05, 0.1) is 11.2 Å². The Hall–Kier alpha value is -0.130. The summed E-state index contributed by atoms with van der Waals surface area (Å²) in [5, 5.41) is 10.5. The maximum Gasteiger partial charge on any atom is 0.0869 e. The lowest BCUT2D eigenvalue weighted by atomic mass is 9.87. The molecule has 0 aliphatic rings. The van der Waals surface area contributed by atoms with Gasteiger partial charge in [0.15, 0.2) is 0 Å². The van der Waals surface area contributed by atoms with E-state index in [-0.39, 0.29) is 5.60 Å². The molecule has 0 amide bonds. The van der Waals surface area contributed by atoms with Crippen molar-refractivity contribution in [1.29, 1.82) is 0 Å². The summed E-state index contributed by atoms with van der Waals surface area (Å²) in [6, 6.07) is 8.01. The highest BCUT2D eigenvalue weighted by molar-refractivity contribution is 14.1. The average Bonchev–Trinajstić information content (AvgIpc) is 2.27. The molecular weight excluding hydrogens is 327 g/mol. The highest BCUT2D eigenvalue weighted by atomic mass is 127. The Bertz CT molecular complexity index is 355. The van der Waals surface area contributed by atoms with Crippen LogP contribution in [0.1, 0.15) is 39.2 Å². The molecule has 0 spiro atoms. The summed E-state index contributed by atoms with van der Waals surface area (Å²) in [6.45, 7) is 5.94. The van der Waals surface area contributed by atoms with E-state index in [1.807, 2.05) is 45.0 Å². The van der Waals surface area contributed by atoms with E-state index in [9.17, 15) is 5.11 Å². The van der Waals surface area contributed by atoms with Gasteiger partial charge in [0.1, 0.15) is 0 Å². The van der Waals surface area contributed by atoms with Crippen LogP contribution in [0, 0.1) is 3.57 Å². The summed E-state index contributed by atoms with van der Waals surface area (Å²) in [6.07, 6.45) is 1.51. The third kappa shape index (κ3) is 4.56. The molecule has 1 aromatic carbocycles. The number of hydrogen-bond acceptors (Lipinski definition) is 2. The molecule has 0 saturated heterocycles. The molecule has 0 heterocycles. The molecule has 1 aromatic rings. The van der Waals surface area contributed by atoms with Crippen LogP contribution in [0.5, 0.6) is 0 Å². The first-order valence-electron chi connectivity index (χ1n) is 5.80. The minimum atomic E-state index is -0.792. The largest absolute Gasteiger partial charge is 0.385 e. The van der Waals surface area contributed by atoms with Gasteiger partial charge in [0.25, 0.3) is 0 Å². The van der Waals surface area contributed by atoms with Gasteiger partial charge in [-0.3, -0.25) is 0 Å². The van der Waals surface area contributed by atoms with Crippen LogP contribution in [0.4, 0.5) is 0 Å². The lowest BCUT2D eigenvalue weighted by molar-refractivity contribution is -0.0211. The van der Waals surface area contributed by atoms with Crippen LogP contribution >= 0.6 is 22.6 Å². The summed E-state index contributed by atoms with van der Waals surface area (Å²) < 4.78 is 6.56. The fourth-order valence-corrected chi connectivity index (χ4v) is 1.96. The second kappa shape index (κ2) is 5.67. The summed E-state index contributed by atoms with van der Waals surface area (Å²) in [5.74, 6) is 0. The van der Waals surface area contributed by atoms with Crippen molar-refractivity contribution in [3.8, 4) is 0 Å². The van der Waals surface area contributed by atoms with Crippen LogP contribution in [-0.2, 0) is 10.3 Å². The highest BCUT2D eigenvalue weighted by Crippen LogP contribution is 2.30. The van der Waals surface area contributed by atoms with Crippen molar-refractivity contribution in [3.05, 3.63) is 33.4 Å². The number of ether oxygens (including phenoxy) is 1. The maximum atomic E-state index is 10.5. The number of benzene rings is 1. The molecule has 96 valence electrons. The van der Waals surface area contributed by atoms with Crippen LogP contribution in [0.2, 0.25) is 0 Å². The van der Waals surface area contributed by atoms with E-state index in [4.69, 9.17) is 4.74 Å². The van der Waals surface area contributed by atoms with Gasteiger partial charge in [0.2, 0.25) is 0 Å². The molecule has 1 unspecified atom stereocenters. The van der Waals surface area contributed by atoms with Gasteiger partial charge < -0.3 is 9.84 Å². The molecule has 0 aliphatic heterocycles. The van der Waals surface area contributed by atoms with E-state index >= 15 is 0 Å². The molecule has 2 nitrogen and oxygen atoms in total. The van der Waals surface area contributed by atoms with Crippen molar-refractivity contribution in [2.75, 3.05) is 7.11 Å². The Morgan fingerprint density at radius 2 is 1.65 bits per heavy atom. The van der Waals surface area contributed by atoms with Gasteiger partial charge in [0, 0.05) is 10.7 Å². The smallest absolute Gasteiger partial charge is 0.0869 e. The second-order valence-electron chi connectivity index (χ2n) is 5.24. The van der Waals surface area contributed by atoms with Gasteiger partial charge in [-0.05, 0) is 73.9 Å². The first-order valence-corrected chi connectivity index (χ1v) is 6.88. The quantitative estimate of drug-likeness (QED) is 0.823. The Kier molecular flexibility index (Phi) is 4.98. The zero-order valence-corrected chi connectivity index (χ0v) is 13.1. The molecule has 3 heteroatoms. The van der Waals surface area contributed by atoms with Crippen LogP contribution < -0.4 is 0 Å². The van der Waals surface area contributed by atoms with E-state index in [1.54, 1.807) is 7.11 Å². The van der Waals surface area contributed by atoms with Crippen molar-refractivity contribution < 1.29 is 9.84 Å². The van der Waals surface area contributed by atoms with Crippen LogP contribution in [0.25, 0.3) is 0 Å². The Labute approximate surface area is 118 Å². The van der Waals surface area contributed by atoms with E-state index in [2.05, 4.69) is 22.6 Å². The van der Waals surface area contributed by atoms with Crippen molar-refractivity contribution in [3.63, 3.8) is 0 Å². The minimum absolute atomic E-state index is 0.187. The maximum absolute atomic E-state index is 10.5. The number of halogens is 1. The lowest BCUT2D eigenvalue weighted by Gasteiger charge is -2.29. The van der Waals surface area contributed by atoms with Crippen LogP contribution in [0.3, 0.4) is 0 Å². The van der Waals surface area contributed by atoms with Crippen molar-refractivity contribution in [1.82, 2.24) is 0 Å². The van der Waals surface area contributed by atoms with E-state index in [1.165, 1.54) is 3.57 Å². The first kappa shape index (κ1) is 14.9. The fourth-order valence-electron chi connectivity index (χ4n) is 1.60. The summed E-state index contributed by atoms with van der Waals surface area (Å²) in [4.78, 5) is 0. The summed E-state index contributed by atoms with van der Waals surface area (Å²) in [5.41, 5.74) is -0.0160. The third-order valence-corrected chi connectivity index (χ3v) is 3.95. The molecule has 0 fully saturated rings. The Morgan fingerprint density at radius 3 is 2.12 bits per heavy atom. The molecule has 0 bridgehead atoms. The summed E-state index contributed by atoms with van der Waals surface area (Å²) >= 11 is 2.26. The molecule has 1 N–H and O–H groups in total. The number of methoxy groups -OCH3 is 1. The number of rotatable bonds is 5. The van der Waals surface area contributed by atoms with E-state index in [0.29, 0.717) is 6.42 Å². The van der Waals surface area contributed by atoms with E-state index < -0.39 is 5.60 Å². The predicted molar refractivity (Wildman–Crippen MR) is 79.1 cm³/mol. The first-order chi connectivity index (χ1) is 7.77. The van der Waals surface area contributed by atoms with Crippen LogP contribution in [-0.4, -0.2) is 17.8 Å². The van der Waals surface area contributed by atoms with Gasteiger partial charge in [-0.1, -0.05) is 12.1 Å². The standard InChI is InChI=1S/C14H21IO2/c1-13(2,17-4)9-10-14(3,16)11-5-7-12(15)8-6-11/h5-8,16H,9-10H2,1-4H3. The predicted octanol–water partition coefficient (Wildman–Crippen LogP) is 3.70. The minimum Gasteiger partial charge on any atom is -0.385 e. The molecule has 1 rings (SSSR count). The molecule has 0 aliphatic carbocycles. The zero-order chi connectivity index (χ0) is 13.1. The average molecular weight is 348 g/mol. The SMILES string of the molecule is COC(C)(C)CCC(C)(O)c1ccc(I)cc1. The lowest BCUT2D eigenvalue weighted by Crippen LogP contribution is -2.29. The summed E-state index contributed by atoms with van der Waals surface area (Å²) in [7, 11) is 1.71. The fraction of sp³-hybridized carbons (Fsp3) is 0.571. The topological polar surface area (TPSA) is 29.5 Å². The molecular formula is C14H21IO2. The number of hydrogen-bond donors (Lipinski definition) is 1. The molecule has 0 aromatic heterocycles. The van der Waals surface area contributed by atoms with Gasteiger partial charge in [-0.25, -0.2) is 0 Å². The van der Waals surface area contributed by atoms with Gasteiger partial charge >= 0.3 is 0 Å². The van der Waals surface area contributed by atoms with Crippen molar-refractivity contribution >= 4 is 22.6 Å². The van der Waals surface area contributed by atoms with Crippen molar-refractivity contribution in [2.45, 2.75) is 44.8 Å². The monoisotopic (exact) mass is 348 g/mol. The highest BCUT2D eigenvalue weighted by Gasteiger charge is 2.27. The Balaban J connectivity index is 2.71. The Morgan fingerprint density at radius 1 is 1.12 bits per heavy atom. The number of aliphatic hydroxyl groups is 1. The van der Waals surface area contributed by atoms with Gasteiger partial charge in [-0.2, -0.15) is 0 Å². The molecule has 17 heavy (non-hydrogen) atoms. The zero-order valence-electron chi connectivity index (χ0n) is 11.0. The van der Waals surface area contributed by atoms with Gasteiger partial charge in [-0.15, -0.1) is 0 Å².